The summed E-state index contributed by atoms with van der Waals surface area (Å²) < 4.78 is 14.2. The third-order valence-electron chi connectivity index (χ3n) is 4.30. The van der Waals surface area contributed by atoms with Crippen molar-refractivity contribution >= 4 is 32.5 Å². The van der Waals surface area contributed by atoms with Crippen LogP contribution >= 0.6 is 15.9 Å². The van der Waals surface area contributed by atoms with Crippen LogP contribution in [-0.4, -0.2) is 31.7 Å². The van der Waals surface area contributed by atoms with Crippen LogP contribution in [0.4, 0.5) is 10.1 Å². The fraction of sp³-hybridized carbons (Fsp3) is 0.357. The maximum Gasteiger partial charge on any atom is 0.139 e. The van der Waals surface area contributed by atoms with Crippen LogP contribution in [0.25, 0.3) is 10.9 Å². The van der Waals surface area contributed by atoms with E-state index in [9.17, 15) is 4.39 Å². The molecule has 2 aliphatic rings. The number of nitrogens with one attached hydrogen (secondary N) is 1. The summed E-state index contributed by atoms with van der Waals surface area (Å²) in [4.78, 5) is 6.66. The van der Waals surface area contributed by atoms with Crippen LogP contribution in [0.2, 0.25) is 0 Å². The molecule has 98 valence electrons. The number of pyridine rings is 1. The van der Waals surface area contributed by atoms with Gasteiger partial charge in [-0.1, -0.05) is 0 Å². The van der Waals surface area contributed by atoms with E-state index in [1.54, 1.807) is 0 Å². The second-order valence-electron chi connectivity index (χ2n) is 5.54. The largest absolute Gasteiger partial charge is 0.372 e. The first kappa shape index (κ1) is 11.6. The lowest BCUT2D eigenvalue weighted by molar-refractivity contribution is 0.300. The van der Waals surface area contributed by atoms with Gasteiger partial charge < -0.3 is 10.2 Å². The lowest BCUT2D eigenvalue weighted by Crippen LogP contribution is -2.58. The summed E-state index contributed by atoms with van der Waals surface area (Å²) >= 11 is 3.29. The predicted octanol–water partition coefficient (Wildman–Crippen LogP) is 2.43. The number of fused-ring (bicyclic) bond motifs is 4. The molecule has 1 saturated heterocycles. The van der Waals surface area contributed by atoms with Gasteiger partial charge in [0.25, 0.3) is 0 Å². The molecule has 4 rings (SSSR count). The lowest BCUT2D eigenvalue weighted by Gasteiger charge is -2.40. The first-order chi connectivity index (χ1) is 9.11. The molecule has 2 aromatic rings. The average molecular weight is 322 g/mol. The minimum absolute atomic E-state index is 0.169. The molecular weight excluding hydrogens is 309 g/mol. The second-order valence-corrected chi connectivity index (χ2v) is 6.40. The highest BCUT2D eigenvalue weighted by Gasteiger charge is 2.47. The number of anilines is 1. The third-order valence-corrected chi connectivity index (χ3v) is 4.91. The van der Waals surface area contributed by atoms with Gasteiger partial charge in [-0.25, -0.2) is 4.39 Å². The Bertz CT molecular complexity index is 697. The second kappa shape index (κ2) is 3.67. The van der Waals surface area contributed by atoms with Gasteiger partial charge in [0.05, 0.1) is 21.9 Å². The number of likely N-dealkylation sites (N-methyl/N-ethyl adjacent to an activating group) is 1. The number of benzene rings is 1. The molecule has 5 heteroatoms. The van der Waals surface area contributed by atoms with Crippen molar-refractivity contribution in [3.63, 3.8) is 0 Å². The van der Waals surface area contributed by atoms with Crippen LogP contribution in [0, 0.1) is 5.82 Å². The number of nitrogens with zero attached hydrogens (tertiary/aromatic N) is 2. The normalized spacial score (nSPS) is 19.8. The van der Waals surface area contributed by atoms with E-state index in [0.717, 1.165) is 30.5 Å². The fourth-order valence-electron chi connectivity index (χ4n) is 3.36. The van der Waals surface area contributed by atoms with Crippen LogP contribution in [0.5, 0.6) is 0 Å². The Labute approximate surface area is 118 Å². The van der Waals surface area contributed by atoms with Gasteiger partial charge in [-0.2, -0.15) is 0 Å². The molecule has 0 radical (unpaired) electrons. The van der Waals surface area contributed by atoms with E-state index in [4.69, 9.17) is 0 Å². The van der Waals surface area contributed by atoms with E-state index in [-0.39, 0.29) is 11.2 Å². The summed E-state index contributed by atoms with van der Waals surface area (Å²) in [5.74, 6) is -0.257. The van der Waals surface area contributed by atoms with E-state index >= 15 is 0 Å². The Kier molecular flexibility index (Phi) is 2.24. The van der Waals surface area contributed by atoms with Gasteiger partial charge in [0.2, 0.25) is 0 Å². The monoisotopic (exact) mass is 321 g/mol. The Hall–Kier alpha value is -1.20. The molecule has 3 nitrogen and oxygen atoms in total. The Balaban J connectivity index is 2.08. The molecule has 0 saturated carbocycles. The minimum atomic E-state index is -0.257. The van der Waals surface area contributed by atoms with Gasteiger partial charge in [-0.15, -0.1) is 0 Å². The van der Waals surface area contributed by atoms with Crippen molar-refractivity contribution in [1.82, 2.24) is 10.3 Å². The van der Waals surface area contributed by atoms with Crippen molar-refractivity contribution in [2.24, 2.45) is 0 Å². The first-order valence-corrected chi connectivity index (χ1v) is 7.10. The molecule has 0 atom stereocenters. The molecule has 2 aliphatic heterocycles. The maximum absolute atomic E-state index is 13.7. The van der Waals surface area contributed by atoms with Crippen molar-refractivity contribution in [3.05, 3.63) is 34.2 Å². The first-order valence-electron chi connectivity index (χ1n) is 6.31. The molecule has 1 aromatic carbocycles. The minimum Gasteiger partial charge on any atom is -0.372 e. The van der Waals surface area contributed by atoms with E-state index < -0.39 is 0 Å². The quantitative estimate of drug-likeness (QED) is 0.807. The Morgan fingerprint density at radius 2 is 2.21 bits per heavy atom. The standard InChI is InChI=1S/C14H13BrFN3/c1-19-7-14(5-17-6-14)13-8-2-9(15)10(16)3-11(8)18-4-12(13)19/h2-4,17H,5-7H2,1H3. The summed E-state index contributed by atoms with van der Waals surface area (Å²) in [6.45, 7) is 2.97. The smallest absolute Gasteiger partial charge is 0.139 e. The van der Waals surface area contributed by atoms with Crippen molar-refractivity contribution in [2.45, 2.75) is 5.41 Å². The van der Waals surface area contributed by atoms with E-state index in [0.29, 0.717) is 4.47 Å². The van der Waals surface area contributed by atoms with E-state index in [2.05, 4.69) is 38.2 Å². The van der Waals surface area contributed by atoms with E-state index in [1.165, 1.54) is 17.3 Å². The van der Waals surface area contributed by atoms with Crippen LogP contribution in [0.3, 0.4) is 0 Å². The van der Waals surface area contributed by atoms with Crippen molar-refractivity contribution in [1.29, 1.82) is 0 Å². The van der Waals surface area contributed by atoms with Gasteiger partial charge >= 0.3 is 0 Å². The molecule has 0 bridgehead atoms. The number of hydrogen-bond acceptors (Lipinski definition) is 3. The third kappa shape index (κ3) is 1.43. The van der Waals surface area contributed by atoms with Crippen molar-refractivity contribution < 1.29 is 4.39 Å². The number of hydrogen-bond donors (Lipinski definition) is 1. The number of halogens is 2. The molecule has 1 aromatic heterocycles. The molecule has 0 amide bonds. The zero-order chi connectivity index (χ0) is 13.2. The molecule has 1 fully saturated rings. The SMILES string of the molecule is CN1CC2(CNC2)c2c1cnc1cc(F)c(Br)cc21. The van der Waals surface area contributed by atoms with Gasteiger partial charge in [-0.05, 0) is 27.6 Å². The fourth-order valence-corrected chi connectivity index (χ4v) is 3.70. The number of aromatic nitrogens is 1. The van der Waals surface area contributed by atoms with Gasteiger partial charge in [-0.3, -0.25) is 4.98 Å². The van der Waals surface area contributed by atoms with Crippen LogP contribution in [-0.2, 0) is 5.41 Å². The summed E-state index contributed by atoms with van der Waals surface area (Å²) in [6, 6.07) is 3.38. The molecule has 19 heavy (non-hydrogen) atoms. The molecule has 0 aliphatic carbocycles. The Morgan fingerprint density at radius 1 is 1.42 bits per heavy atom. The molecule has 0 unspecified atom stereocenters. The summed E-state index contributed by atoms with van der Waals surface area (Å²) in [5.41, 5.74) is 3.40. The summed E-state index contributed by atoms with van der Waals surface area (Å²) in [5, 5.41) is 4.43. The summed E-state index contributed by atoms with van der Waals surface area (Å²) in [7, 11) is 2.10. The van der Waals surface area contributed by atoms with Crippen molar-refractivity contribution in [2.75, 3.05) is 31.6 Å². The molecule has 3 heterocycles. The molecule has 1 N–H and O–H groups in total. The lowest BCUT2D eigenvalue weighted by atomic mass is 9.76. The highest BCUT2D eigenvalue weighted by atomic mass is 79.9. The zero-order valence-electron chi connectivity index (χ0n) is 10.5. The van der Waals surface area contributed by atoms with E-state index in [1.807, 2.05) is 12.3 Å². The van der Waals surface area contributed by atoms with Crippen molar-refractivity contribution in [3.8, 4) is 0 Å². The Morgan fingerprint density at radius 3 is 2.89 bits per heavy atom. The highest BCUT2D eigenvalue weighted by molar-refractivity contribution is 9.10. The summed E-state index contributed by atoms with van der Waals surface area (Å²) in [6.07, 6.45) is 1.87. The van der Waals surface area contributed by atoms with Gasteiger partial charge in [0.1, 0.15) is 5.82 Å². The maximum atomic E-state index is 13.7. The van der Waals surface area contributed by atoms with Crippen LogP contribution in [0.1, 0.15) is 5.56 Å². The number of rotatable bonds is 0. The molecular formula is C14H13BrFN3. The van der Waals surface area contributed by atoms with Gasteiger partial charge in [0.15, 0.2) is 0 Å². The molecule has 1 spiro atoms. The predicted molar refractivity (Wildman–Crippen MR) is 77.2 cm³/mol. The van der Waals surface area contributed by atoms with Gasteiger partial charge in [0, 0.05) is 43.5 Å². The average Bonchev–Trinajstić information content (AvgIpc) is 2.65. The highest BCUT2D eigenvalue weighted by Crippen LogP contribution is 2.46. The zero-order valence-corrected chi connectivity index (χ0v) is 12.1. The topological polar surface area (TPSA) is 28.2 Å². The van der Waals surface area contributed by atoms with Crippen LogP contribution < -0.4 is 10.2 Å². The van der Waals surface area contributed by atoms with Crippen LogP contribution in [0.15, 0.2) is 22.8 Å².